The van der Waals surface area contributed by atoms with Crippen molar-refractivity contribution in [2.24, 2.45) is 5.92 Å². The predicted octanol–water partition coefficient (Wildman–Crippen LogP) is 2.17. The van der Waals surface area contributed by atoms with E-state index in [-0.39, 0.29) is 5.82 Å². The van der Waals surface area contributed by atoms with Gasteiger partial charge in [-0.3, -0.25) is 0 Å². The number of nitrogens with two attached hydrogens (primary N) is 1. The maximum Gasteiger partial charge on any atom is 0.146 e. The average Bonchev–Trinajstić information content (AvgIpc) is 2.09. The van der Waals surface area contributed by atoms with Gasteiger partial charge in [-0.05, 0) is 30.5 Å². The number of anilines is 2. The highest BCUT2D eigenvalue weighted by atomic mass is 19.1. The lowest BCUT2D eigenvalue weighted by Gasteiger charge is -2.40. The van der Waals surface area contributed by atoms with Crippen LogP contribution in [0.4, 0.5) is 15.8 Å². The highest BCUT2D eigenvalue weighted by molar-refractivity contribution is 5.65. The van der Waals surface area contributed by atoms with E-state index in [2.05, 4.69) is 6.92 Å². The minimum atomic E-state index is -0.163. The zero-order chi connectivity index (χ0) is 10.3. The van der Waals surface area contributed by atoms with Crippen molar-refractivity contribution >= 4 is 11.4 Å². The lowest BCUT2D eigenvalue weighted by Crippen LogP contribution is -2.46. The van der Waals surface area contributed by atoms with E-state index >= 15 is 0 Å². The fourth-order valence-corrected chi connectivity index (χ4v) is 1.95. The van der Waals surface area contributed by atoms with Crippen LogP contribution in [0.5, 0.6) is 0 Å². The van der Waals surface area contributed by atoms with E-state index in [1.807, 2.05) is 11.8 Å². The van der Waals surface area contributed by atoms with Crippen molar-refractivity contribution in [1.29, 1.82) is 0 Å². The molecule has 0 aliphatic carbocycles. The molecule has 1 saturated heterocycles. The molecule has 14 heavy (non-hydrogen) atoms. The Balaban J connectivity index is 2.36. The molecule has 2 N–H and O–H groups in total. The van der Waals surface area contributed by atoms with Crippen LogP contribution in [0.3, 0.4) is 0 Å². The van der Waals surface area contributed by atoms with Crippen molar-refractivity contribution in [2.75, 3.05) is 23.7 Å². The Hall–Kier alpha value is -1.25. The summed E-state index contributed by atoms with van der Waals surface area (Å²) in [5.41, 5.74) is 7.96. The number of nitrogen functional groups attached to an aromatic ring is 1. The number of hydrogen-bond acceptors (Lipinski definition) is 2. The molecule has 1 heterocycles. The summed E-state index contributed by atoms with van der Waals surface area (Å²) in [4.78, 5) is 2.05. The second-order valence-corrected chi connectivity index (χ2v) is 4.12. The van der Waals surface area contributed by atoms with Gasteiger partial charge in [-0.1, -0.05) is 6.92 Å². The van der Waals surface area contributed by atoms with Crippen LogP contribution in [0.2, 0.25) is 0 Å². The summed E-state index contributed by atoms with van der Waals surface area (Å²) in [6.45, 7) is 5.90. The Bertz CT molecular complexity index is 357. The molecule has 1 aliphatic rings. The number of hydrogen-bond donors (Lipinski definition) is 1. The third-order valence-electron chi connectivity index (χ3n) is 2.80. The van der Waals surface area contributed by atoms with E-state index in [4.69, 9.17) is 5.73 Å². The van der Waals surface area contributed by atoms with E-state index in [1.54, 1.807) is 6.07 Å². The summed E-state index contributed by atoms with van der Waals surface area (Å²) in [6, 6.07) is 3.07. The van der Waals surface area contributed by atoms with E-state index < -0.39 is 0 Å². The molecule has 76 valence electrons. The maximum atomic E-state index is 13.5. The Kier molecular flexibility index (Phi) is 2.10. The van der Waals surface area contributed by atoms with Gasteiger partial charge >= 0.3 is 0 Å². The predicted molar refractivity (Wildman–Crippen MR) is 56.9 cm³/mol. The second kappa shape index (κ2) is 3.15. The van der Waals surface area contributed by atoms with Crippen molar-refractivity contribution in [2.45, 2.75) is 13.8 Å². The van der Waals surface area contributed by atoms with Crippen LogP contribution >= 0.6 is 0 Å². The van der Waals surface area contributed by atoms with Gasteiger partial charge in [-0.15, -0.1) is 0 Å². The molecule has 1 fully saturated rings. The van der Waals surface area contributed by atoms with Crippen LogP contribution in [0.1, 0.15) is 12.5 Å². The van der Waals surface area contributed by atoms with Gasteiger partial charge in [-0.25, -0.2) is 4.39 Å². The minimum Gasteiger partial charge on any atom is -0.398 e. The van der Waals surface area contributed by atoms with Crippen molar-refractivity contribution < 1.29 is 4.39 Å². The third-order valence-corrected chi connectivity index (χ3v) is 2.80. The van der Waals surface area contributed by atoms with Gasteiger partial charge < -0.3 is 10.6 Å². The van der Waals surface area contributed by atoms with E-state index in [0.29, 0.717) is 17.3 Å². The van der Waals surface area contributed by atoms with Crippen LogP contribution in [-0.4, -0.2) is 13.1 Å². The van der Waals surface area contributed by atoms with E-state index in [9.17, 15) is 4.39 Å². The molecular formula is C11H15FN2. The molecule has 2 rings (SSSR count). The molecule has 0 atom stereocenters. The average molecular weight is 194 g/mol. The lowest BCUT2D eigenvalue weighted by molar-refractivity contribution is 0.438. The molecule has 1 aromatic rings. The van der Waals surface area contributed by atoms with Gasteiger partial charge in [0.15, 0.2) is 0 Å². The number of nitrogens with zero attached hydrogens (tertiary/aromatic N) is 1. The van der Waals surface area contributed by atoms with Crippen LogP contribution in [0.25, 0.3) is 0 Å². The van der Waals surface area contributed by atoms with Gasteiger partial charge in [0.2, 0.25) is 0 Å². The monoisotopic (exact) mass is 194 g/mol. The Morgan fingerprint density at radius 2 is 2.07 bits per heavy atom. The molecule has 0 bridgehead atoms. The Labute approximate surface area is 83.5 Å². The molecule has 0 amide bonds. The minimum absolute atomic E-state index is 0.163. The Morgan fingerprint density at radius 3 is 2.64 bits per heavy atom. The van der Waals surface area contributed by atoms with Crippen LogP contribution in [0, 0.1) is 18.7 Å². The summed E-state index contributed by atoms with van der Waals surface area (Å²) in [6.07, 6.45) is 0. The fourth-order valence-electron chi connectivity index (χ4n) is 1.95. The largest absolute Gasteiger partial charge is 0.398 e. The summed E-state index contributed by atoms with van der Waals surface area (Å²) < 4.78 is 13.5. The molecule has 0 saturated carbocycles. The topological polar surface area (TPSA) is 29.3 Å². The molecular weight excluding hydrogens is 179 g/mol. The van der Waals surface area contributed by atoms with Crippen molar-refractivity contribution in [3.05, 3.63) is 23.5 Å². The maximum absolute atomic E-state index is 13.5. The first kappa shape index (κ1) is 9.31. The highest BCUT2D eigenvalue weighted by Gasteiger charge is 2.26. The SMILES string of the molecule is Cc1c(N)ccc(F)c1N1CC(C)C1. The summed E-state index contributed by atoms with van der Waals surface area (Å²) in [5, 5.41) is 0. The third kappa shape index (κ3) is 1.33. The first-order valence-electron chi connectivity index (χ1n) is 4.89. The van der Waals surface area contributed by atoms with Crippen molar-refractivity contribution in [3.63, 3.8) is 0 Å². The standard InChI is InChI=1S/C11H15FN2/c1-7-5-14(6-7)11-8(2)10(13)4-3-9(11)12/h3-4,7H,5-6,13H2,1-2H3. The Morgan fingerprint density at radius 1 is 1.43 bits per heavy atom. The first-order chi connectivity index (χ1) is 6.59. The quantitative estimate of drug-likeness (QED) is 0.694. The number of benzene rings is 1. The van der Waals surface area contributed by atoms with Crippen LogP contribution < -0.4 is 10.6 Å². The van der Waals surface area contributed by atoms with Gasteiger partial charge in [0.25, 0.3) is 0 Å². The van der Waals surface area contributed by atoms with Crippen molar-refractivity contribution in [1.82, 2.24) is 0 Å². The van der Waals surface area contributed by atoms with Gasteiger partial charge in [0.1, 0.15) is 5.82 Å². The lowest BCUT2D eigenvalue weighted by atomic mass is 9.99. The summed E-state index contributed by atoms with van der Waals surface area (Å²) >= 11 is 0. The van der Waals surface area contributed by atoms with Crippen LogP contribution in [-0.2, 0) is 0 Å². The number of rotatable bonds is 1. The van der Waals surface area contributed by atoms with Gasteiger partial charge in [0, 0.05) is 18.8 Å². The molecule has 0 radical (unpaired) electrons. The number of halogens is 1. The summed E-state index contributed by atoms with van der Waals surface area (Å²) in [5.74, 6) is 0.499. The van der Waals surface area contributed by atoms with Gasteiger partial charge in [-0.2, -0.15) is 0 Å². The molecule has 1 aromatic carbocycles. The van der Waals surface area contributed by atoms with Crippen LogP contribution in [0.15, 0.2) is 12.1 Å². The second-order valence-electron chi connectivity index (χ2n) is 4.12. The molecule has 2 nitrogen and oxygen atoms in total. The molecule has 0 aromatic heterocycles. The first-order valence-corrected chi connectivity index (χ1v) is 4.89. The van der Waals surface area contributed by atoms with E-state index in [1.165, 1.54) is 6.07 Å². The normalized spacial score (nSPS) is 16.9. The van der Waals surface area contributed by atoms with Gasteiger partial charge in [0.05, 0.1) is 5.69 Å². The molecule has 1 aliphatic heterocycles. The summed E-state index contributed by atoms with van der Waals surface area (Å²) in [7, 11) is 0. The molecule has 3 heteroatoms. The highest BCUT2D eigenvalue weighted by Crippen LogP contribution is 2.32. The molecule has 0 unspecified atom stereocenters. The molecule has 0 spiro atoms. The fraction of sp³-hybridized carbons (Fsp3) is 0.455. The zero-order valence-corrected chi connectivity index (χ0v) is 8.55. The smallest absolute Gasteiger partial charge is 0.146 e. The zero-order valence-electron chi connectivity index (χ0n) is 8.55. The van der Waals surface area contributed by atoms with E-state index in [0.717, 1.165) is 18.7 Å². The van der Waals surface area contributed by atoms with Crippen molar-refractivity contribution in [3.8, 4) is 0 Å².